The highest BCUT2D eigenvalue weighted by Gasteiger charge is 2.14. The third-order valence-electron chi connectivity index (χ3n) is 4.34. The zero-order valence-corrected chi connectivity index (χ0v) is 14.1. The van der Waals surface area contributed by atoms with E-state index in [1.54, 1.807) is 28.9 Å². The molecule has 0 aliphatic carbocycles. The summed E-state index contributed by atoms with van der Waals surface area (Å²) in [5.74, 6) is 0.209. The summed E-state index contributed by atoms with van der Waals surface area (Å²) < 4.78 is 21.8. The Bertz CT molecular complexity index is 894. The maximum atomic E-state index is 14.4. The molecule has 2 aromatic heterocycles. The number of fused-ring (bicyclic) bond motifs is 4. The fraction of sp³-hybridized carbons (Fsp3) is 0.333. The molecule has 7 heteroatoms. The Balaban J connectivity index is 1.80. The normalized spacial score (nSPS) is 16.1. The third kappa shape index (κ3) is 3.28. The first-order valence-electron chi connectivity index (χ1n) is 8.41. The van der Waals surface area contributed by atoms with Gasteiger partial charge in [0.05, 0.1) is 18.5 Å². The number of aromatic nitrogens is 3. The van der Waals surface area contributed by atoms with Crippen LogP contribution in [-0.2, 0) is 0 Å². The maximum absolute atomic E-state index is 14.4. The summed E-state index contributed by atoms with van der Waals surface area (Å²) in [6, 6.07) is 8.65. The second kappa shape index (κ2) is 6.68. The van der Waals surface area contributed by atoms with E-state index >= 15 is 0 Å². The van der Waals surface area contributed by atoms with Gasteiger partial charge < -0.3 is 15.0 Å². The van der Waals surface area contributed by atoms with Crippen LogP contribution in [0.2, 0.25) is 0 Å². The van der Waals surface area contributed by atoms with Gasteiger partial charge in [0.15, 0.2) is 5.65 Å². The lowest BCUT2D eigenvalue weighted by atomic mass is 10.1. The Morgan fingerprint density at radius 1 is 1.20 bits per heavy atom. The molecule has 1 aromatic carbocycles. The lowest BCUT2D eigenvalue weighted by Crippen LogP contribution is -2.27. The van der Waals surface area contributed by atoms with Crippen molar-refractivity contribution in [3.05, 3.63) is 42.3 Å². The van der Waals surface area contributed by atoms with E-state index in [-0.39, 0.29) is 5.82 Å². The third-order valence-corrected chi connectivity index (χ3v) is 4.34. The monoisotopic (exact) mass is 341 g/mol. The zero-order chi connectivity index (χ0) is 17.2. The van der Waals surface area contributed by atoms with Crippen LogP contribution in [0, 0.1) is 5.82 Å². The average Bonchev–Trinajstić information content (AvgIpc) is 3.02. The smallest absolute Gasteiger partial charge is 0.231 e. The second-order valence-corrected chi connectivity index (χ2v) is 6.21. The molecule has 0 amide bonds. The molecule has 0 fully saturated rings. The van der Waals surface area contributed by atoms with Gasteiger partial charge in [0, 0.05) is 37.0 Å². The summed E-state index contributed by atoms with van der Waals surface area (Å²) >= 11 is 0. The summed E-state index contributed by atoms with van der Waals surface area (Å²) in [6.45, 7) is 3.21. The first-order valence-corrected chi connectivity index (χ1v) is 8.41. The molecule has 3 heterocycles. The highest BCUT2D eigenvalue weighted by molar-refractivity contribution is 5.68. The van der Waals surface area contributed by atoms with Gasteiger partial charge in [-0.25, -0.2) is 13.9 Å². The number of benzene rings is 1. The van der Waals surface area contributed by atoms with Crippen LogP contribution < -0.4 is 10.1 Å². The van der Waals surface area contributed by atoms with Crippen LogP contribution in [0.3, 0.4) is 0 Å². The Labute approximate surface area is 145 Å². The molecule has 130 valence electrons. The molecule has 25 heavy (non-hydrogen) atoms. The van der Waals surface area contributed by atoms with Crippen molar-refractivity contribution in [3.8, 4) is 17.1 Å². The van der Waals surface area contributed by atoms with Crippen molar-refractivity contribution in [3.63, 3.8) is 0 Å². The molecular weight excluding hydrogens is 321 g/mol. The first-order chi connectivity index (χ1) is 12.2. The molecule has 0 saturated heterocycles. The minimum Gasteiger partial charge on any atom is -0.477 e. The van der Waals surface area contributed by atoms with Crippen molar-refractivity contribution in [2.24, 2.45) is 0 Å². The van der Waals surface area contributed by atoms with Crippen LogP contribution in [0.25, 0.3) is 16.9 Å². The van der Waals surface area contributed by atoms with Gasteiger partial charge in [-0.05, 0) is 37.7 Å². The van der Waals surface area contributed by atoms with Crippen molar-refractivity contribution < 1.29 is 9.13 Å². The van der Waals surface area contributed by atoms with E-state index in [0.717, 1.165) is 31.7 Å². The molecule has 4 bridgehead atoms. The summed E-state index contributed by atoms with van der Waals surface area (Å²) in [4.78, 5) is 6.56. The van der Waals surface area contributed by atoms with Crippen LogP contribution in [0.1, 0.15) is 6.42 Å². The zero-order valence-electron chi connectivity index (χ0n) is 14.1. The summed E-state index contributed by atoms with van der Waals surface area (Å²) in [5, 5.41) is 7.82. The van der Waals surface area contributed by atoms with Gasteiger partial charge in [-0.1, -0.05) is 0 Å². The molecule has 0 saturated carbocycles. The Kier molecular flexibility index (Phi) is 4.23. The molecule has 1 N–H and O–H groups in total. The molecule has 4 rings (SSSR count). The number of nitrogens with one attached hydrogen (secondary N) is 1. The Morgan fingerprint density at radius 2 is 2.12 bits per heavy atom. The van der Waals surface area contributed by atoms with Gasteiger partial charge in [0.25, 0.3) is 0 Å². The van der Waals surface area contributed by atoms with Gasteiger partial charge in [-0.3, -0.25) is 0 Å². The number of likely N-dealkylation sites (N-methyl/N-ethyl adjacent to an activating group) is 1. The van der Waals surface area contributed by atoms with Gasteiger partial charge in [-0.15, -0.1) is 5.10 Å². The maximum Gasteiger partial charge on any atom is 0.231 e. The predicted octanol–water partition coefficient (Wildman–Crippen LogP) is 2.66. The first kappa shape index (κ1) is 15.8. The number of nitrogens with zero attached hydrogens (tertiary/aromatic N) is 4. The highest BCUT2D eigenvalue weighted by atomic mass is 19.1. The molecule has 0 radical (unpaired) electrons. The fourth-order valence-electron chi connectivity index (χ4n) is 2.96. The standard InChI is InChI=1S/C18H20FN5O/c1-23-8-2-10-25-18-6-5-17-21-12-16(24(17)22-18)14-11-13(20-7-9-23)3-4-15(14)19/h3-6,11-12,20H,2,7-10H2,1H3. The number of imidazole rings is 1. The molecule has 0 unspecified atom stereocenters. The van der Waals surface area contributed by atoms with Crippen LogP contribution in [0.15, 0.2) is 36.5 Å². The molecule has 6 nitrogen and oxygen atoms in total. The van der Waals surface area contributed by atoms with E-state index in [1.165, 1.54) is 6.07 Å². The molecule has 1 aliphatic heterocycles. The minimum absolute atomic E-state index is 0.304. The molecule has 0 atom stereocenters. The fourth-order valence-corrected chi connectivity index (χ4v) is 2.96. The van der Waals surface area contributed by atoms with Crippen LogP contribution in [-0.4, -0.2) is 52.8 Å². The number of hydrogen-bond acceptors (Lipinski definition) is 5. The summed E-state index contributed by atoms with van der Waals surface area (Å²) in [5.41, 5.74) is 2.60. The lowest BCUT2D eigenvalue weighted by Gasteiger charge is -2.17. The number of rotatable bonds is 0. The van der Waals surface area contributed by atoms with Crippen molar-refractivity contribution in [1.82, 2.24) is 19.5 Å². The van der Waals surface area contributed by atoms with Gasteiger partial charge in [-0.2, -0.15) is 0 Å². The SMILES string of the molecule is CN1CCCOc2ccc3ncc(n3n2)-c2cc(ccc2F)NCC1. The molecule has 3 aromatic rings. The number of halogens is 1. The number of ether oxygens (including phenoxy) is 1. The average molecular weight is 341 g/mol. The highest BCUT2D eigenvalue weighted by Crippen LogP contribution is 2.27. The van der Waals surface area contributed by atoms with Gasteiger partial charge in [0.2, 0.25) is 5.88 Å². The van der Waals surface area contributed by atoms with Crippen molar-refractivity contribution in [2.45, 2.75) is 6.42 Å². The van der Waals surface area contributed by atoms with E-state index < -0.39 is 0 Å². The van der Waals surface area contributed by atoms with Crippen molar-refractivity contribution >= 4 is 11.3 Å². The van der Waals surface area contributed by atoms with Crippen LogP contribution in [0.4, 0.5) is 10.1 Å². The van der Waals surface area contributed by atoms with E-state index in [4.69, 9.17) is 4.74 Å². The molecule has 0 spiro atoms. The number of hydrogen-bond donors (Lipinski definition) is 1. The minimum atomic E-state index is -0.304. The van der Waals surface area contributed by atoms with Gasteiger partial charge >= 0.3 is 0 Å². The van der Waals surface area contributed by atoms with Crippen LogP contribution in [0.5, 0.6) is 5.88 Å². The second-order valence-electron chi connectivity index (χ2n) is 6.21. The van der Waals surface area contributed by atoms with E-state index in [1.807, 2.05) is 6.07 Å². The quantitative estimate of drug-likeness (QED) is 0.681. The number of anilines is 1. The topological polar surface area (TPSA) is 54.7 Å². The van der Waals surface area contributed by atoms with Crippen molar-refractivity contribution in [2.75, 3.05) is 38.6 Å². The Morgan fingerprint density at radius 3 is 3.04 bits per heavy atom. The lowest BCUT2D eigenvalue weighted by molar-refractivity contribution is 0.258. The molecular formula is C18H20FN5O. The Hall–Kier alpha value is -2.67. The van der Waals surface area contributed by atoms with E-state index in [9.17, 15) is 4.39 Å². The molecule has 1 aliphatic rings. The summed E-state index contributed by atoms with van der Waals surface area (Å²) in [7, 11) is 2.08. The van der Waals surface area contributed by atoms with Crippen LogP contribution >= 0.6 is 0 Å². The predicted molar refractivity (Wildman–Crippen MR) is 94.5 cm³/mol. The largest absolute Gasteiger partial charge is 0.477 e. The van der Waals surface area contributed by atoms with E-state index in [2.05, 4.69) is 27.3 Å². The van der Waals surface area contributed by atoms with Crippen molar-refractivity contribution in [1.29, 1.82) is 0 Å². The summed E-state index contributed by atoms with van der Waals surface area (Å²) in [6.07, 6.45) is 2.55. The van der Waals surface area contributed by atoms with Gasteiger partial charge in [0.1, 0.15) is 5.82 Å². The van der Waals surface area contributed by atoms with E-state index in [0.29, 0.717) is 29.4 Å².